The third-order valence-corrected chi connectivity index (χ3v) is 2.56. The van der Waals surface area contributed by atoms with Crippen molar-refractivity contribution in [3.8, 4) is 11.5 Å². The molecule has 0 unspecified atom stereocenters. The molecule has 1 atom stereocenters. The molecule has 0 aliphatic carbocycles. The zero-order chi connectivity index (χ0) is 9.97. The first kappa shape index (κ1) is 9.34. The van der Waals surface area contributed by atoms with E-state index in [4.69, 9.17) is 9.47 Å². The number of rotatable bonds is 3. The van der Waals surface area contributed by atoms with Crippen molar-refractivity contribution in [2.75, 3.05) is 13.8 Å². The second-order valence-corrected chi connectivity index (χ2v) is 3.70. The Morgan fingerprint density at radius 3 is 2.93 bits per heavy atom. The minimum atomic E-state index is 0.355. The average Bonchev–Trinajstić information content (AvgIpc) is 2.64. The van der Waals surface area contributed by atoms with Gasteiger partial charge in [-0.3, -0.25) is 0 Å². The van der Waals surface area contributed by atoms with Crippen molar-refractivity contribution in [3.63, 3.8) is 0 Å². The molecule has 0 fully saturated rings. The van der Waals surface area contributed by atoms with Gasteiger partial charge in [-0.2, -0.15) is 0 Å². The number of hydrogen-bond donors (Lipinski definition) is 1. The SMILES string of the molecule is C[NH2+][C@@H](C)Cc1ccc2c(c1)OCO2. The van der Waals surface area contributed by atoms with E-state index in [0.717, 1.165) is 17.9 Å². The molecule has 2 N–H and O–H groups in total. The Bertz CT molecular complexity index is 325. The van der Waals surface area contributed by atoms with Gasteiger partial charge < -0.3 is 14.8 Å². The molecule has 76 valence electrons. The lowest BCUT2D eigenvalue weighted by Crippen LogP contribution is -2.85. The number of ether oxygens (including phenoxy) is 2. The third-order valence-electron chi connectivity index (χ3n) is 2.56. The van der Waals surface area contributed by atoms with E-state index in [2.05, 4.69) is 31.4 Å². The van der Waals surface area contributed by atoms with Gasteiger partial charge in [-0.25, -0.2) is 0 Å². The Hall–Kier alpha value is -1.22. The Balaban J connectivity index is 2.12. The largest absolute Gasteiger partial charge is 0.454 e. The van der Waals surface area contributed by atoms with Crippen LogP contribution in [-0.2, 0) is 6.42 Å². The molecule has 0 bridgehead atoms. The second kappa shape index (κ2) is 3.88. The van der Waals surface area contributed by atoms with Crippen LogP contribution in [0, 0.1) is 0 Å². The van der Waals surface area contributed by atoms with Crippen LogP contribution in [0.15, 0.2) is 18.2 Å². The lowest BCUT2D eigenvalue weighted by molar-refractivity contribution is -0.659. The van der Waals surface area contributed by atoms with Gasteiger partial charge in [0.05, 0.1) is 13.1 Å². The Labute approximate surface area is 84.0 Å². The fourth-order valence-corrected chi connectivity index (χ4v) is 1.56. The third kappa shape index (κ3) is 1.82. The van der Waals surface area contributed by atoms with Crippen molar-refractivity contribution in [2.45, 2.75) is 19.4 Å². The van der Waals surface area contributed by atoms with Crippen LogP contribution in [0.3, 0.4) is 0 Å². The van der Waals surface area contributed by atoms with Gasteiger partial charge in [0.15, 0.2) is 11.5 Å². The van der Waals surface area contributed by atoms with Crippen LogP contribution >= 0.6 is 0 Å². The highest BCUT2D eigenvalue weighted by molar-refractivity contribution is 5.44. The average molecular weight is 194 g/mol. The molecule has 0 radical (unpaired) electrons. The number of quaternary nitrogens is 1. The summed E-state index contributed by atoms with van der Waals surface area (Å²) in [4.78, 5) is 0. The van der Waals surface area contributed by atoms with Crippen molar-refractivity contribution in [1.29, 1.82) is 0 Å². The maximum Gasteiger partial charge on any atom is 0.231 e. The van der Waals surface area contributed by atoms with E-state index in [-0.39, 0.29) is 0 Å². The number of benzene rings is 1. The summed E-state index contributed by atoms with van der Waals surface area (Å²) in [5, 5.41) is 2.21. The Kier molecular flexibility index (Phi) is 2.59. The molecule has 1 heterocycles. The van der Waals surface area contributed by atoms with E-state index in [9.17, 15) is 0 Å². The summed E-state index contributed by atoms with van der Waals surface area (Å²) in [5.41, 5.74) is 1.31. The molecule has 1 aliphatic rings. The fourth-order valence-electron chi connectivity index (χ4n) is 1.56. The summed E-state index contributed by atoms with van der Waals surface area (Å²) in [6.45, 7) is 2.57. The van der Waals surface area contributed by atoms with Gasteiger partial charge in [0.2, 0.25) is 6.79 Å². The first-order valence-corrected chi connectivity index (χ1v) is 4.97. The van der Waals surface area contributed by atoms with Crippen LogP contribution in [0.1, 0.15) is 12.5 Å². The predicted molar refractivity (Wildman–Crippen MR) is 53.6 cm³/mol. The first-order chi connectivity index (χ1) is 6.79. The maximum atomic E-state index is 5.32. The van der Waals surface area contributed by atoms with Gasteiger partial charge in [-0.05, 0) is 24.6 Å². The molecule has 1 aromatic carbocycles. The van der Waals surface area contributed by atoms with Crippen LogP contribution in [0.4, 0.5) is 0 Å². The number of likely N-dealkylation sites (N-methyl/N-ethyl adjacent to an activating group) is 1. The summed E-state index contributed by atoms with van der Waals surface area (Å²) in [7, 11) is 2.09. The molecule has 1 aromatic rings. The molecule has 1 aliphatic heterocycles. The van der Waals surface area contributed by atoms with E-state index in [1.165, 1.54) is 5.56 Å². The molecular weight excluding hydrogens is 178 g/mol. The van der Waals surface area contributed by atoms with Crippen molar-refractivity contribution >= 4 is 0 Å². The quantitative estimate of drug-likeness (QED) is 0.762. The van der Waals surface area contributed by atoms with Gasteiger partial charge >= 0.3 is 0 Å². The van der Waals surface area contributed by atoms with Gasteiger partial charge in [-0.1, -0.05) is 6.07 Å². The Morgan fingerprint density at radius 1 is 1.36 bits per heavy atom. The fraction of sp³-hybridized carbons (Fsp3) is 0.455. The monoisotopic (exact) mass is 194 g/mol. The number of hydrogen-bond acceptors (Lipinski definition) is 2. The van der Waals surface area contributed by atoms with Crippen LogP contribution in [0.5, 0.6) is 11.5 Å². The van der Waals surface area contributed by atoms with E-state index in [0.29, 0.717) is 12.8 Å². The Morgan fingerprint density at radius 2 is 2.14 bits per heavy atom. The molecule has 0 saturated carbocycles. The molecule has 2 rings (SSSR count). The van der Waals surface area contributed by atoms with Crippen LogP contribution in [-0.4, -0.2) is 19.9 Å². The number of fused-ring (bicyclic) bond motifs is 1. The molecule has 14 heavy (non-hydrogen) atoms. The van der Waals surface area contributed by atoms with Crippen LogP contribution in [0.2, 0.25) is 0 Å². The van der Waals surface area contributed by atoms with Crippen LogP contribution in [0.25, 0.3) is 0 Å². The lowest BCUT2D eigenvalue weighted by atomic mass is 10.1. The molecule has 0 aromatic heterocycles. The highest BCUT2D eigenvalue weighted by Gasteiger charge is 2.14. The zero-order valence-electron chi connectivity index (χ0n) is 8.62. The number of nitrogens with two attached hydrogens (primary N) is 1. The maximum absolute atomic E-state index is 5.32. The minimum absolute atomic E-state index is 0.355. The topological polar surface area (TPSA) is 35.1 Å². The smallest absolute Gasteiger partial charge is 0.231 e. The zero-order valence-corrected chi connectivity index (χ0v) is 8.62. The van der Waals surface area contributed by atoms with Crippen molar-refractivity contribution in [3.05, 3.63) is 23.8 Å². The molecule has 0 spiro atoms. The van der Waals surface area contributed by atoms with Gasteiger partial charge in [0.25, 0.3) is 0 Å². The standard InChI is InChI=1S/C11H15NO2/c1-8(12-2)5-9-3-4-10-11(6-9)14-7-13-10/h3-4,6,8,12H,5,7H2,1-2H3/p+1/t8-/m0/s1. The highest BCUT2D eigenvalue weighted by Crippen LogP contribution is 2.32. The molecule has 3 nitrogen and oxygen atoms in total. The summed E-state index contributed by atoms with van der Waals surface area (Å²) >= 11 is 0. The summed E-state index contributed by atoms with van der Waals surface area (Å²) in [5.74, 6) is 1.74. The minimum Gasteiger partial charge on any atom is -0.454 e. The van der Waals surface area contributed by atoms with Gasteiger partial charge in [-0.15, -0.1) is 0 Å². The second-order valence-electron chi connectivity index (χ2n) is 3.70. The van der Waals surface area contributed by atoms with Crippen molar-refractivity contribution in [1.82, 2.24) is 0 Å². The van der Waals surface area contributed by atoms with E-state index >= 15 is 0 Å². The molecule has 0 saturated heterocycles. The van der Waals surface area contributed by atoms with Gasteiger partial charge in [0.1, 0.15) is 0 Å². The van der Waals surface area contributed by atoms with Gasteiger partial charge in [0, 0.05) is 6.42 Å². The normalized spacial score (nSPS) is 15.6. The predicted octanol–water partition coefficient (Wildman–Crippen LogP) is 0.539. The van der Waals surface area contributed by atoms with Crippen molar-refractivity contribution in [2.24, 2.45) is 0 Å². The van der Waals surface area contributed by atoms with E-state index < -0.39 is 0 Å². The molecule has 3 heteroatoms. The summed E-state index contributed by atoms with van der Waals surface area (Å²) in [6, 6.07) is 6.77. The first-order valence-electron chi connectivity index (χ1n) is 4.97. The van der Waals surface area contributed by atoms with Crippen molar-refractivity contribution < 1.29 is 14.8 Å². The lowest BCUT2D eigenvalue weighted by Gasteiger charge is -2.07. The molecule has 0 amide bonds. The van der Waals surface area contributed by atoms with Crippen LogP contribution < -0.4 is 14.8 Å². The summed E-state index contributed by atoms with van der Waals surface area (Å²) in [6.07, 6.45) is 1.06. The molecular formula is C11H16NO2+. The summed E-state index contributed by atoms with van der Waals surface area (Å²) < 4.78 is 10.6. The van der Waals surface area contributed by atoms with E-state index in [1.54, 1.807) is 0 Å². The highest BCUT2D eigenvalue weighted by atomic mass is 16.7. The van der Waals surface area contributed by atoms with E-state index in [1.807, 2.05) is 6.07 Å².